The lowest BCUT2D eigenvalue weighted by atomic mass is 9.94. The van der Waals surface area contributed by atoms with Crippen molar-refractivity contribution in [2.24, 2.45) is 23.7 Å². The van der Waals surface area contributed by atoms with Crippen LogP contribution in [0.15, 0.2) is 11.2 Å². The summed E-state index contributed by atoms with van der Waals surface area (Å²) >= 11 is 0. The monoisotopic (exact) mass is 448 g/mol. The van der Waals surface area contributed by atoms with Gasteiger partial charge in [-0.2, -0.15) is 5.10 Å². The lowest BCUT2D eigenvalue weighted by molar-refractivity contribution is -0.127. The number of guanidine groups is 1. The van der Waals surface area contributed by atoms with Crippen molar-refractivity contribution in [3.05, 3.63) is 17.5 Å². The molecule has 1 aromatic heterocycles. The molecule has 0 radical (unpaired) electrons. The van der Waals surface area contributed by atoms with Crippen LogP contribution in [-0.2, 0) is 11.8 Å². The number of aliphatic imine (C=N–C) groups is 1. The lowest BCUT2D eigenvalue weighted by Crippen LogP contribution is -2.38. The standard InChI is InChI=1S/C16H28N6O.HI/c1-6-10(2)20-16(17)18-8-12-7-14(23)21(4)15(12)13-9-19-22(5)11(13)3;/h9-10,12,15H,6-8H2,1-5H3,(H3,17,18,20);1H/t10?,12-,15+;/m0./s1. The molecule has 2 rings (SSSR count). The number of carbonyl (C=O) groups excluding carboxylic acids is 1. The van der Waals surface area contributed by atoms with E-state index in [1.165, 1.54) is 0 Å². The van der Waals surface area contributed by atoms with Gasteiger partial charge in [-0.1, -0.05) is 6.92 Å². The fourth-order valence-electron chi connectivity index (χ4n) is 3.00. The van der Waals surface area contributed by atoms with Crippen LogP contribution in [-0.4, -0.2) is 46.2 Å². The summed E-state index contributed by atoms with van der Waals surface area (Å²) < 4.78 is 1.84. The average molecular weight is 448 g/mol. The third kappa shape index (κ3) is 4.40. The molecule has 0 aromatic carbocycles. The Morgan fingerprint density at radius 1 is 1.54 bits per heavy atom. The van der Waals surface area contributed by atoms with Crippen molar-refractivity contribution in [2.45, 2.75) is 45.7 Å². The van der Waals surface area contributed by atoms with Gasteiger partial charge in [0.15, 0.2) is 5.96 Å². The molecule has 1 fully saturated rings. The summed E-state index contributed by atoms with van der Waals surface area (Å²) in [6, 6.07) is 0.305. The van der Waals surface area contributed by atoms with Gasteiger partial charge < -0.3 is 16.0 Å². The number of nitrogens with one attached hydrogen (secondary N) is 1. The molecule has 0 bridgehead atoms. The predicted octanol–water partition coefficient (Wildman–Crippen LogP) is 1.57. The second kappa shape index (κ2) is 8.68. The van der Waals surface area contributed by atoms with E-state index in [-0.39, 0.29) is 41.8 Å². The molecule has 1 amide bonds. The minimum absolute atomic E-state index is 0. The van der Waals surface area contributed by atoms with Gasteiger partial charge in [0.05, 0.1) is 12.2 Å². The van der Waals surface area contributed by atoms with Gasteiger partial charge in [0.2, 0.25) is 5.91 Å². The fraction of sp³-hybridized carbons (Fsp3) is 0.688. The molecule has 1 aliphatic rings. The van der Waals surface area contributed by atoms with E-state index >= 15 is 0 Å². The number of aryl methyl sites for hydroxylation is 1. The van der Waals surface area contributed by atoms with Crippen LogP contribution in [0.25, 0.3) is 0 Å². The van der Waals surface area contributed by atoms with E-state index in [9.17, 15) is 4.79 Å². The molecule has 136 valence electrons. The Balaban J connectivity index is 0.00000288. The van der Waals surface area contributed by atoms with E-state index in [0.717, 1.165) is 17.7 Å². The van der Waals surface area contributed by atoms with Crippen LogP contribution in [0.1, 0.15) is 44.0 Å². The highest BCUT2D eigenvalue weighted by atomic mass is 127. The Kier molecular flexibility index (Phi) is 7.50. The second-order valence-electron chi connectivity index (χ2n) is 6.40. The van der Waals surface area contributed by atoms with Gasteiger partial charge in [0.1, 0.15) is 0 Å². The van der Waals surface area contributed by atoms with Gasteiger partial charge in [-0.25, -0.2) is 0 Å². The van der Waals surface area contributed by atoms with Crippen LogP contribution < -0.4 is 11.1 Å². The second-order valence-corrected chi connectivity index (χ2v) is 6.40. The molecule has 7 nitrogen and oxygen atoms in total. The van der Waals surface area contributed by atoms with E-state index in [2.05, 4.69) is 29.3 Å². The average Bonchev–Trinajstić information content (AvgIpc) is 2.98. The van der Waals surface area contributed by atoms with Crippen LogP contribution >= 0.6 is 24.0 Å². The van der Waals surface area contributed by atoms with Gasteiger partial charge in [-0.05, 0) is 20.3 Å². The van der Waals surface area contributed by atoms with Crippen LogP contribution in [0.4, 0.5) is 0 Å². The molecule has 0 aliphatic carbocycles. The number of hydrogen-bond donors (Lipinski definition) is 2. The SMILES string of the molecule is CCC(C)NC(N)=NC[C@@H]1CC(=O)N(C)[C@H]1c1cnn(C)c1C.I. The maximum absolute atomic E-state index is 12.2. The van der Waals surface area contributed by atoms with Gasteiger partial charge in [0.25, 0.3) is 0 Å². The smallest absolute Gasteiger partial charge is 0.223 e. The van der Waals surface area contributed by atoms with Crippen LogP contribution in [0.3, 0.4) is 0 Å². The van der Waals surface area contributed by atoms with E-state index in [1.807, 2.05) is 36.8 Å². The largest absolute Gasteiger partial charge is 0.370 e. The molecular formula is C16H29IN6O. The Hall–Kier alpha value is -1.32. The number of nitrogens with two attached hydrogens (primary N) is 1. The first-order valence-electron chi connectivity index (χ1n) is 8.15. The lowest BCUT2D eigenvalue weighted by Gasteiger charge is -2.24. The zero-order chi connectivity index (χ0) is 17.1. The van der Waals surface area contributed by atoms with Crippen LogP contribution in [0.2, 0.25) is 0 Å². The minimum atomic E-state index is 0. The first-order chi connectivity index (χ1) is 10.8. The molecule has 1 aromatic rings. The quantitative estimate of drug-likeness (QED) is 0.407. The van der Waals surface area contributed by atoms with E-state index in [1.54, 1.807) is 0 Å². The Bertz CT molecular complexity index is 599. The van der Waals surface area contributed by atoms with Crippen LogP contribution in [0.5, 0.6) is 0 Å². The van der Waals surface area contributed by atoms with Crippen molar-refractivity contribution in [2.75, 3.05) is 13.6 Å². The molecule has 8 heteroatoms. The molecule has 1 unspecified atom stereocenters. The molecule has 24 heavy (non-hydrogen) atoms. The van der Waals surface area contributed by atoms with Crippen molar-refractivity contribution in [3.63, 3.8) is 0 Å². The maximum Gasteiger partial charge on any atom is 0.223 e. The predicted molar refractivity (Wildman–Crippen MR) is 106 cm³/mol. The van der Waals surface area contributed by atoms with Gasteiger partial charge in [0, 0.05) is 50.3 Å². The number of amides is 1. The Morgan fingerprint density at radius 2 is 2.21 bits per heavy atom. The normalized spacial score (nSPS) is 22.5. The minimum Gasteiger partial charge on any atom is -0.370 e. The van der Waals surface area contributed by atoms with Crippen molar-refractivity contribution in [1.29, 1.82) is 0 Å². The molecule has 1 aliphatic heterocycles. The van der Waals surface area contributed by atoms with E-state index < -0.39 is 0 Å². The molecule has 2 heterocycles. The molecule has 0 saturated carbocycles. The molecule has 3 atom stereocenters. The number of carbonyl (C=O) groups is 1. The molecular weight excluding hydrogens is 419 g/mol. The van der Waals surface area contributed by atoms with Crippen molar-refractivity contribution < 1.29 is 4.79 Å². The number of aromatic nitrogens is 2. The number of nitrogens with zero attached hydrogens (tertiary/aromatic N) is 4. The Morgan fingerprint density at radius 3 is 2.75 bits per heavy atom. The van der Waals surface area contributed by atoms with Gasteiger partial charge in [-0.3, -0.25) is 14.5 Å². The highest BCUT2D eigenvalue weighted by Crippen LogP contribution is 2.38. The number of halogens is 1. The first kappa shape index (κ1) is 20.7. The van der Waals surface area contributed by atoms with Crippen molar-refractivity contribution >= 4 is 35.8 Å². The van der Waals surface area contributed by atoms with E-state index in [4.69, 9.17) is 5.73 Å². The fourth-order valence-corrected chi connectivity index (χ4v) is 3.00. The number of rotatable bonds is 5. The summed E-state index contributed by atoms with van der Waals surface area (Å²) in [5, 5.41) is 7.46. The molecule has 3 N–H and O–H groups in total. The molecule has 0 spiro atoms. The third-order valence-electron chi connectivity index (χ3n) is 4.79. The topological polar surface area (TPSA) is 88.5 Å². The summed E-state index contributed by atoms with van der Waals surface area (Å²) in [6.07, 6.45) is 3.33. The van der Waals surface area contributed by atoms with E-state index in [0.29, 0.717) is 25.0 Å². The first-order valence-corrected chi connectivity index (χ1v) is 8.15. The summed E-state index contributed by atoms with van der Waals surface area (Å²) in [5.41, 5.74) is 8.11. The zero-order valence-electron chi connectivity index (χ0n) is 15.1. The van der Waals surface area contributed by atoms with Gasteiger partial charge >= 0.3 is 0 Å². The number of hydrogen-bond acceptors (Lipinski definition) is 3. The molecule has 1 saturated heterocycles. The summed E-state index contributed by atoms with van der Waals surface area (Å²) in [6.45, 7) is 6.72. The maximum atomic E-state index is 12.2. The summed E-state index contributed by atoms with van der Waals surface area (Å²) in [7, 11) is 3.76. The third-order valence-corrected chi connectivity index (χ3v) is 4.79. The number of likely N-dealkylation sites (tertiary alicyclic amines) is 1. The summed E-state index contributed by atoms with van der Waals surface area (Å²) in [4.78, 5) is 18.4. The Labute approximate surface area is 161 Å². The van der Waals surface area contributed by atoms with Crippen LogP contribution in [0, 0.1) is 12.8 Å². The highest BCUT2D eigenvalue weighted by Gasteiger charge is 2.39. The summed E-state index contributed by atoms with van der Waals surface area (Å²) in [5.74, 6) is 0.711. The van der Waals surface area contributed by atoms with Crippen molar-refractivity contribution in [3.8, 4) is 0 Å². The zero-order valence-corrected chi connectivity index (χ0v) is 17.4. The highest BCUT2D eigenvalue weighted by molar-refractivity contribution is 14.0. The van der Waals surface area contributed by atoms with Crippen molar-refractivity contribution in [1.82, 2.24) is 20.0 Å². The van der Waals surface area contributed by atoms with Gasteiger partial charge in [-0.15, -0.1) is 24.0 Å².